The number of ether oxygens (including phenoxy) is 1. The Morgan fingerprint density at radius 1 is 1.32 bits per heavy atom. The Bertz CT molecular complexity index is 880. The highest BCUT2D eigenvalue weighted by Gasteiger charge is 2.12. The number of fused-ring (bicyclic) bond motifs is 1. The lowest BCUT2D eigenvalue weighted by Gasteiger charge is -2.13. The molecule has 25 heavy (non-hydrogen) atoms. The molecule has 0 bridgehead atoms. The van der Waals surface area contributed by atoms with Crippen LogP contribution in [0.3, 0.4) is 0 Å². The molecule has 0 saturated carbocycles. The van der Waals surface area contributed by atoms with E-state index in [1.54, 1.807) is 19.2 Å². The predicted molar refractivity (Wildman–Crippen MR) is 96.3 cm³/mol. The maximum Gasteiger partial charge on any atom is 0.230 e. The number of methoxy groups -OCH3 is 1. The molecule has 2 aromatic carbocycles. The monoisotopic (exact) mass is 359 g/mol. The van der Waals surface area contributed by atoms with Crippen molar-refractivity contribution in [3.05, 3.63) is 53.8 Å². The summed E-state index contributed by atoms with van der Waals surface area (Å²) in [5, 5.41) is 3.57. The molecule has 3 aromatic rings. The summed E-state index contributed by atoms with van der Waals surface area (Å²) in [5.74, 6) is 0.584. The lowest BCUT2D eigenvalue weighted by Crippen LogP contribution is -2.28. The molecule has 1 heterocycles. The van der Waals surface area contributed by atoms with Crippen molar-refractivity contribution in [1.29, 1.82) is 0 Å². The lowest BCUT2D eigenvalue weighted by atomic mass is 10.1. The Labute approximate surface area is 149 Å². The van der Waals surface area contributed by atoms with Crippen LogP contribution in [0.15, 0.2) is 47.6 Å². The van der Waals surface area contributed by atoms with E-state index in [9.17, 15) is 9.18 Å². The maximum absolute atomic E-state index is 12.9. The van der Waals surface area contributed by atoms with E-state index in [2.05, 4.69) is 15.3 Å². The minimum Gasteiger partial charge on any atom is -0.497 e. The summed E-state index contributed by atoms with van der Waals surface area (Å²) in [7, 11) is 1.61. The first kappa shape index (κ1) is 17.3. The Morgan fingerprint density at radius 2 is 2.08 bits per heavy atom. The molecular formula is C18H18FN3O2S. The zero-order valence-electron chi connectivity index (χ0n) is 13.9. The first-order valence-corrected chi connectivity index (χ1v) is 8.75. The fraction of sp³-hybridized carbons (Fsp3) is 0.222. The normalized spacial score (nSPS) is 12.1. The van der Waals surface area contributed by atoms with Gasteiger partial charge in [0.1, 0.15) is 11.6 Å². The van der Waals surface area contributed by atoms with Gasteiger partial charge in [0.2, 0.25) is 5.91 Å². The molecule has 7 heteroatoms. The SMILES string of the molecule is COc1ccc2nc(SCC(=O)N[C@H](C)c3ccc(F)cc3)[nH]c2c1. The van der Waals surface area contributed by atoms with Crippen LogP contribution in [0.25, 0.3) is 11.0 Å². The zero-order valence-corrected chi connectivity index (χ0v) is 14.7. The highest BCUT2D eigenvalue weighted by atomic mass is 32.2. The van der Waals surface area contributed by atoms with Gasteiger partial charge in [-0.3, -0.25) is 4.79 Å². The predicted octanol–water partition coefficient (Wildman–Crippen LogP) is 3.68. The number of imidazole rings is 1. The van der Waals surface area contributed by atoms with Gasteiger partial charge in [-0.1, -0.05) is 23.9 Å². The highest BCUT2D eigenvalue weighted by Crippen LogP contribution is 2.23. The molecule has 0 aliphatic rings. The van der Waals surface area contributed by atoms with Crippen LogP contribution in [0, 0.1) is 5.82 Å². The number of hydrogen-bond donors (Lipinski definition) is 2. The lowest BCUT2D eigenvalue weighted by molar-refractivity contribution is -0.119. The number of hydrogen-bond acceptors (Lipinski definition) is 4. The van der Waals surface area contributed by atoms with Crippen LogP contribution in [0.1, 0.15) is 18.5 Å². The average molecular weight is 359 g/mol. The van der Waals surface area contributed by atoms with E-state index in [4.69, 9.17) is 4.74 Å². The van der Waals surface area contributed by atoms with Crippen LogP contribution in [-0.4, -0.2) is 28.7 Å². The minimum atomic E-state index is -0.292. The molecule has 0 unspecified atom stereocenters. The first-order valence-electron chi connectivity index (χ1n) is 7.76. The van der Waals surface area contributed by atoms with Crippen LogP contribution in [0.5, 0.6) is 5.75 Å². The van der Waals surface area contributed by atoms with Gasteiger partial charge in [-0.25, -0.2) is 9.37 Å². The van der Waals surface area contributed by atoms with E-state index in [0.717, 1.165) is 22.3 Å². The summed E-state index contributed by atoms with van der Waals surface area (Å²) in [6.07, 6.45) is 0. The molecule has 130 valence electrons. The number of aromatic nitrogens is 2. The molecule has 1 aromatic heterocycles. The van der Waals surface area contributed by atoms with E-state index >= 15 is 0 Å². The summed E-state index contributed by atoms with van der Waals surface area (Å²) < 4.78 is 18.1. The van der Waals surface area contributed by atoms with Crippen molar-refractivity contribution in [2.24, 2.45) is 0 Å². The van der Waals surface area contributed by atoms with E-state index in [0.29, 0.717) is 5.16 Å². The molecule has 3 rings (SSSR count). The number of amides is 1. The number of aromatic amines is 1. The number of carbonyl (C=O) groups excluding carboxylic acids is 1. The fourth-order valence-corrected chi connectivity index (χ4v) is 3.11. The van der Waals surface area contributed by atoms with Crippen molar-refractivity contribution in [2.75, 3.05) is 12.9 Å². The van der Waals surface area contributed by atoms with Gasteiger partial charge in [-0.2, -0.15) is 0 Å². The maximum atomic E-state index is 12.9. The molecule has 0 aliphatic heterocycles. The molecule has 0 fully saturated rings. The molecule has 0 aliphatic carbocycles. The van der Waals surface area contributed by atoms with Gasteiger partial charge in [-0.05, 0) is 36.8 Å². The number of thioether (sulfide) groups is 1. The molecule has 2 N–H and O–H groups in total. The van der Waals surface area contributed by atoms with Crippen LogP contribution in [0.2, 0.25) is 0 Å². The van der Waals surface area contributed by atoms with Crippen molar-refractivity contribution in [1.82, 2.24) is 15.3 Å². The number of rotatable bonds is 6. The Morgan fingerprint density at radius 3 is 2.80 bits per heavy atom. The summed E-state index contributed by atoms with van der Waals surface area (Å²) in [4.78, 5) is 19.7. The molecule has 0 saturated heterocycles. The summed E-state index contributed by atoms with van der Waals surface area (Å²) in [6.45, 7) is 1.86. The molecule has 0 spiro atoms. The molecule has 0 radical (unpaired) electrons. The van der Waals surface area contributed by atoms with Crippen LogP contribution < -0.4 is 10.1 Å². The zero-order chi connectivity index (χ0) is 17.8. The van der Waals surface area contributed by atoms with E-state index in [1.165, 1.54) is 23.9 Å². The highest BCUT2D eigenvalue weighted by molar-refractivity contribution is 7.99. The fourth-order valence-electron chi connectivity index (χ4n) is 2.41. The summed E-state index contributed by atoms with van der Waals surface area (Å²) in [5.41, 5.74) is 2.54. The summed E-state index contributed by atoms with van der Waals surface area (Å²) in [6, 6.07) is 11.5. The van der Waals surface area contributed by atoms with Gasteiger partial charge in [0, 0.05) is 6.07 Å². The van der Waals surface area contributed by atoms with Crippen LogP contribution in [-0.2, 0) is 4.79 Å². The second-order valence-corrected chi connectivity index (χ2v) is 6.52. The van der Waals surface area contributed by atoms with E-state index < -0.39 is 0 Å². The van der Waals surface area contributed by atoms with E-state index in [1.807, 2.05) is 25.1 Å². The van der Waals surface area contributed by atoms with Gasteiger partial charge in [-0.15, -0.1) is 0 Å². The van der Waals surface area contributed by atoms with Gasteiger partial charge in [0.25, 0.3) is 0 Å². The first-order chi connectivity index (χ1) is 12.0. The second kappa shape index (κ2) is 7.57. The topological polar surface area (TPSA) is 67.0 Å². The molecule has 1 amide bonds. The molecular weight excluding hydrogens is 341 g/mol. The number of nitrogens with zero attached hydrogens (tertiary/aromatic N) is 1. The number of benzene rings is 2. The van der Waals surface area contributed by atoms with Crippen molar-refractivity contribution in [3.8, 4) is 5.75 Å². The minimum absolute atomic E-state index is 0.111. The van der Waals surface area contributed by atoms with Gasteiger partial charge < -0.3 is 15.0 Å². The number of halogens is 1. The Kier molecular flexibility index (Phi) is 5.23. The van der Waals surface area contributed by atoms with Crippen LogP contribution >= 0.6 is 11.8 Å². The standard InChI is InChI=1S/C18H18FN3O2S/c1-11(12-3-5-13(19)6-4-12)20-17(23)10-25-18-21-15-8-7-14(24-2)9-16(15)22-18/h3-9,11H,10H2,1-2H3,(H,20,23)(H,21,22)/t11-/m1/s1. The van der Waals surface area contributed by atoms with E-state index in [-0.39, 0.29) is 23.5 Å². The molecule has 1 atom stereocenters. The quantitative estimate of drug-likeness (QED) is 0.659. The Hall–Kier alpha value is -2.54. The van der Waals surface area contributed by atoms with Crippen molar-refractivity contribution in [3.63, 3.8) is 0 Å². The van der Waals surface area contributed by atoms with Crippen LogP contribution in [0.4, 0.5) is 4.39 Å². The van der Waals surface area contributed by atoms with Crippen molar-refractivity contribution >= 4 is 28.7 Å². The van der Waals surface area contributed by atoms with Gasteiger partial charge >= 0.3 is 0 Å². The smallest absolute Gasteiger partial charge is 0.230 e. The third kappa shape index (κ3) is 4.30. The third-order valence-electron chi connectivity index (χ3n) is 3.75. The number of H-pyrrole nitrogens is 1. The Balaban J connectivity index is 1.57. The van der Waals surface area contributed by atoms with Gasteiger partial charge in [0.05, 0.1) is 29.9 Å². The third-order valence-corrected chi connectivity index (χ3v) is 4.63. The number of carbonyl (C=O) groups is 1. The molecule has 5 nitrogen and oxygen atoms in total. The summed E-state index contributed by atoms with van der Waals surface area (Å²) >= 11 is 1.33. The second-order valence-electron chi connectivity index (χ2n) is 5.55. The van der Waals surface area contributed by atoms with Crippen molar-refractivity contribution in [2.45, 2.75) is 18.1 Å². The largest absolute Gasteiger partial charge is 0.497 e. The van der Waals surface area contributed by atoms with Gasteiger partial charge in [0.15, 0.2) is 5.16 Å². The number of nitrogens with one attached hydrogen (secondary N) is 2. The van der Waals surface area contributed by atoms with Crippen molar-refractivity contribution < 1.29 is 13.9 Å². The average Bonchev–Trinajstić information content (AvgIpc) is 3.02.